The minimum absolute atomic E-state index is 0.128. The van der Waals surface area contributed by atoms with Crippen LogP contribution < -0.4 is 10.1 Å². The average Bonchev–Trinajstić information content (AvgIpc) is 3.21. The Morgan fingerprint density at radius 3 is 2.36 bits per heavy atom. The van der Waals surface area contributed by atoms with E-state index in [-0.39, 0.29) is 5.56 Å². The van der Waals surface area contributed by atoms with Crippen LogP contribution in [0, 0.1) is 11.8 Å². The summed E-state index contributed by atoms with van der Waals surface area (Å²) in [7, 11) is 1.50. The maximum Gasteiger partial charge on any atom is 0.416 e. The molecular formula is C25H28F3N3O2. The molecule has 3 aromatic rings. The van der Waals surface area contributed by atoms with E-state index in [2.05, 4.69) is 19.2 Å². The van der Waals surface area contributed by atoms with Gasteiger partial charge in [0.15, 0.2) is 0 Å². The first-order chi connectivity index (χ1) is 15.7. The number of anilines is 1. The number of rotatable bonds is 5. The fraction of sp³-hybridized carbons (Fsp3) is 0.440. The molecule has 1 saturated carbocycles. The minimum Gasteiger partial charge on any atom is -0.494 e. The number of fused-ring (bicyclic) bond motifs is 1. The van der Waals surface area contributed by atoms with E-state index in [1.54, 1.807) is 12.1 Å². The Morgan fingerprint density at radius 2 is 1.79 bits per heavy atom. The van der Waals surface area contributed by atoms with Crippen molar-refractivity contribution in [1.82, 2.24) is 9.78 Å². The van der Waals surface area contributed by atoms with Crippen LogP contribution in [0.3, 0.4) is 0 Å². The molecule has 1 aliphatic rings. The number of halogens is 3. The van der Waals surface area contributed by atoms with Crippen molar-refractivity contribution in [3.8, 4) is 5.75 Å². The lowest BCUT2D eigenvalue weighted by atomic mass is 9.80. The van der Waals surface area contributed by atoms with E-state index in [0.717, 1.165) is 53.9 Å². The first-order valence-corrected chi connectivity index (χ1v) is 11.2. The van der Waals surface area contributed by atoms with Gasteiger partial charge in [-0.2, -0.15) is 18.3 Å². The monoisotopic (exact) mass is 459 g/mol. The third-order valence-electron chi connectivity index (χ3n) is 6.62. The molecule has 1 aliphatic carbocycles. The number of hydrogen-bond acceptors (Lipinski definition) is 3. The fourth-order valence-corrected chi connectivity index (χ4v) is 4.56. The number of nitrogens with zero attached hydrogens (tertiary/aromatic N) is 2. The fourth-order valence-electron chi connectivity index (χ4n) is 4.56. The Bertz CT molecular complexity index is 1130. The highest BCUT2D eigenvalue weighted by Crippen LogP contribution is 2.37. The molecule has 0 aliphatic heterocycles. The zero-order valence-corrected chi connectivity index (χ0v) is 18.9. The van der Waals surface area contributed by atoms with Gasteiger partial charge >= 0.3 is 6.18 Å². The Balaban J connectivity index is 1.54. The summed E-state index contributed by atoms with van der Waals surface area (Å²) in [6.07, 6.45) is 2.10. The van der Waals surface area contributed by atoms with E-state index in [1.165, 1.54) is 20.0 Å². The van der Waals surface area contributed by atoms with E-state index >= 15 is 0 Å². The standard InChI is InChI=1S/C25H28F3N3O2/c1-15(2)16-6-10-20(11-7-16)31-14-18-12-22(23(33-3)13-21(18)30-31)29-24(32)17-4-8-19(9-5-17)25(26,27)28/h4-5,8-9,12-16,20H,6-7,10-11H2,1-3H3,(H,29,32). The number of nitrogens with one attached hydrogen (secondary N) is 1. The van der Waals surface area contributed by atoms with E-state index in [1.807, 2.05) is 10.9 Å². The smallest absolute Gasteiger partial charge is 0.416 e. The van der Waals surface area contributed by atoms with Crippen LogP contribution >= 0.6 is 0 Å². The van der Waals surface area contributed by atoms with Gasteiger partial charge in [-0.3, -0.25) is 9.48 Å². The van der Waals surface area contributed by atoms with Crippen LogP contribution in [0.5, 0.6) is 5.75 Å². The summed E-state index contributed by atoms with van der Waals surface area (Å²) < 4.78 is 45.8. The average molecular weight is 460 g/mol. The molecule has 1 fully saturated rings. The van der Waals surface area contributed by atoms with Crippen molar-refractivity contribution in [3.63, 3.8) is 0 Å². The maximum atomic E-state index is 12.8. The second-order valence-electron chi connectivity index (χ2n) is 9.06. The molecule has 0 atom stereocenters. The molecule has 0 saturated heterocycles. The second-order valence-corrected chi connectivity index (χ2v) is 9.06. The van der Waals surface area contributed by atoms with Gasteiger partial charge in [-0.15, -0.1) is 0 Å². The molecule has 33 heavy (non-hydrogen) atoms. The van der Waals surface area contributed by atoms with Crippen LogP contribution in [0.15, 0.2) is 42.6 Å². The Hall–Kier alpha value is -3.03. The summed E-state index contributed by atoms with van der Waals surface area (Å²) in [4.78, 5) is 12.6. The Morgan fingerprint density at radius 1 is 1.12 bits per heavy atom. The molecule has 0 radical (unpaired) electrons. The summed E-state index contributed by atoms with van der Waals surface area (Å²) in [5.41, 5.74) is 0.541. The molecule has 0 bridgehead atoms. The number of aromatic nitrogens is 2. The molecule has 176 valence electrons. The number of alkyl halides is 3. The van der Waals surface area contributed by atoms with E-state index in [4.69, 9.17) is 9.84 Å². The molecule has 1 N–H and O–H groups in total. The van der Waals surface area contributed by atoms with Gasteiger partial charge in [0.05, 0.1) is 29.9 Å². The first-order valence-electron chi connectivity index (χ1n) is 11.2. The van der Waals surface area contributed by atoms with Crippen molar-refractivity contribution in [2.45, 2.75) is 51.7 Å². The lowest BCUT2D eigenvalue weighted by Crippen LogP contribution is -2.21. The van der Waals surface area contributed by atoms with Crippen molar-refractivity contribution < 1.29 is 22.7 Å². The lowest BCUT2D eigenvalue weighted by molar-refractivity contribution is -0.137. The zero-order valence-electron chi connectivity index (χ0n) is 18.9. The van der Waals surface area contributed by atoms with Gasteiger partial charge in [-0.05, 0) is 67.9 Å². The molecular weight excluding hydrogens is 431 g/mol. The predicted octanol–water partition coefficient (Wildman–Crippen LogP) is 6.70. The van der Waals surface area contributed by atoms with E-state index in [0.29, 0.717) is 23.4 Å². The number of hydrogen-bond donors (Lipinski definition) is 1. The quantitative estimate of drug-likeness (QED) is 0.462. The van der Waals surface area contributed by atoms with E-state index in [9.17, 15) is 18.0 Å². The topological polar surface area (TPSA) is 56.1 Å². The van der Waals surface area contributed by atoms with Gasteiger partial charge in [0, 0.05) is 23.2 Å². The zero-order chi connectivity index (χ0) is 23.8. The second kappa shape index (κ2) is 9.08. The van der Waals surface area contributed by atoms with Crippen LogP contribution in [0.1, 0.15) is 61.5 Å². The third-order valence-corrected chi connectivity index (χ3v) is 6.62. The van der Waals surface area contributed by atoms with Gasteiger partial charge in [0.2, 0.25) is 0 Å². The van der Waals surface area contributed by atoms with Crippen LogP contribution in [-0.2, 0) is 6.18 Å². The number of amides is 1. The lowest BCUT2D eigenvalue weighted by Gasteiger charge is -2.30. The van der Waals surface area contributed by atoms with Crippen molar-refractivity contribution in [1.29, 1.82) is 0 Å². The van der Waals surface area contributed by atoms with Gasteiger partial charge < -0.3 is 10.1 Å². The molecule has 8 heteroatoms. The van der Waals surface area contributed by atoms with Gasteiger partial charge in [-0.1, -0.05) is 13.8 Å². The van der Waals surface area contributed by atoms with Gasteiger partial charge in [0.1, 0.15) is 5.75 Å². The molecule has 1 amide bonds. The van der Waals surface area contributed by atoms with Gasteiger partial charge in [0.25, 0.3) is 5.91 Å². The van der Waals surface area contributed by atoms with Crippen LogP contribution in [0.2, 0.25) is 0 Å². The molecule has 1 aromatic heterocycles. The van der Waals surface area contributed by atoms with Crippen molar-refractivity contribution in [3.05, 3.63) is 53.7 Å². The molecule has 4 rings (SSSR count). The number of carbonyl (C=O) groups excluding carboxylic acids is 1. The van der Waals surface area contributed by atoms with Gasteiger partial charge in [-0.25, -0.2) is 0 Å². The molecule has 2 aromatic carbocycles. The molecule has 1 heterocycles. The first kappa shape index (κ1) is 23.1. The minimum atomic E-state index is -4.45. The molecule has 5 nitrogen and oxygen atoms in total. The summed E-state index contributed by atoms with van der Waals surface area (Å²) >= 11 is 0. The normalized spacial score (nSPS) is 19.1. The highest BCUT2D eigenvalue weighted by atomic mass is 19.4. The Labute approximate surface area is 190 Å². The van der Waals surface area contributed by atoms with Crippen LogP contribution in [0.25, 0.3) is 10.9 Å². The van der Waals surface area contributed by atoms with Crippen molar-refractivity contribution in [2.75, 3.05) is 12.4 Å². The van der Waals surface area contributed by atoms with Crippen molar-refractivity contribution >= 4 is 22.5 Å². The maximum absolute atomic E-state index is 12.8. The number of methoxy groups -OCH3 is 1. The van der Waals surface area contributed by atoms with Crippen LogP contribution in [0.4, 0.5) is 18.9 Å². The molecule has 0 unspecified atom stereocenters. The number of carbonyl (C=O) groups is 1. The highest BCUT2D eigenvalue weighted by Gasteiger charge is 2.30. The summed E-state index contributed by atoms with van der Waals surface area (Å²) in [5, 5.41) is 8.36. The molecule has 0 spiro atoms. The van der Waals surface area contributed by atoms with E-state index < -0.39 is 17.6 Å². The summed E-state index contributed by atoms with van der Waals surface area (Å²) in [6, 6.07) is 8.03. The highest BCUT2D eigenvalue weighted by molar-refractivity contribution is 6.06. The number of ether oxygens (including phenoxy) is 1. The number of benzene rings is 2. The summed E-state index contributed by atoms with van der Waals surface area (Å²) in [6.45, 7) is 4.56. The summed E-state index contributed by atoms with van der Waals surface area (Å²) in [5.74, 6) is 1.39. The SMILES string of the molecule is COc1cc2nn(C3CCC(C(C)C)CC3)cc2cc1NC(=O)c1ccc(C(F)(F)F)cc1. The predicted molar refractivity (Wildman–Crippen MR) is 122 cm³/mol. The third kappa shape index (κ3) is 4.99. The van der Waals surface area contributed by atoms with Crippen molar-refractivity contribution in [2.24, 2.45) is 11.8 Å². The largest absolute Gasteiger partial charge is 0.494 e. The van der Waals surface area contributed by atoms with Crippen LogP contribution in [-0.4, -0.2) is 22.8 Å². The Kier molecular flexibility index (Phi) is 6.36.